The summed E-state index contributed by atoms with van der Waals surface area (Å²) in [6.07, 6.45) is 6.86. The number of nitrogens with zero attached hydrogens (tertiary/aromatic N) is 1. The van der Waals surface area contributed by atoms with Crippen LogP contribution in [0.4, 0.5) is 0 Å². The Labute approximate surface area is 154 Å². The number of H-pyrrole nitrogens is 1. The van der Waals surface area contributed by atoms with Crippen LogP contribution in [0.1, 0.15) is 37.3 Å². The van der Waals surface area contributed by atoms with E-state index in [0.717, 1.165) is 47.8 Å². The maximum absolute atomic E-state index is 11.8. The highest BCUT2D eigenvalue weighted by Gasteiger charge is 2.42. The van der Waals surface area contributed by atoms with Crippen LogP contribution < -0.4 is 5.32 Å². The Kier molecular flexibility index (Phi) is 4.51. The van der Waals surface area contributed by atoms with Crippen molar-refractivity contribution in [1.82, 2.24) is 15.5 Å². The zero-order chi connectivity index (χ0) is 18.0. The first-order valence-corrected chi connectivity index (χ1v) is 9.31. The normalized spacial score (nSPS) is 24.8. The Hall–Kier alpha value is -2.59. The van der Waals surface area contributed by atoms with Crippen LogP contribution in [0.15, 0.2) is 66.5 Å². The summed E-state index contributed by atoms with van der Waals surface area (Å²) in [5, 5.41) is 23.4. The average molecular weight is 347 g/mol. The number of fused-ring (bicyclic) bond motifs is 1. The summed E-state index contributed by atoms with van der Waals surface area (Å²) in [4.78, 5) is 0. The van der Waals surface area contributed by atoms with Crippen LogP contribution in [0, 0.1) is 5.92 Å². The van der Waals surface area contributed by atoms with Crippen molar-refractivity contribution in [2.45, 2.75) is 38.3 Å². The van der Waals surface area contributed by atoms with Gasteiger partial charge in [0.25, 0.3) is 0 Å². The van der Waals surface area contributed by atoms with Gasteiger partial charge in [0.05, 0.1) is 11.7 Å². The number of aromatic amines is 1. The molecule has 2 atom stereocenters. The Morgan fingerprint density at radius 3 is 2.92 bits per heavy atom. The molecule has 4 heteroatoms. The van der Waals surface area contributed by atoms with E-state index >= 15 is 0 Å². The van der Waals surface area contributed by atoms with Gasteiger partial charge in [-0.3, -0.25) is 5.10 Å². The Bertz CT molecular complexity index is 915. The summed E-state index contributed by atoms with van der Waals surface area (Å²) in [6, 6.07) is 16.3. The fourth-order valence-corrected chi connectivity index (χ4v) is 4.12. The molecule has 2 aromatic carbocycles. The first kappa shape index (κ1) is 16.9. The molecule has 1 aliphatic rings. The summed E-state index contributed by atoms with van der Waals surface area (Å²) >= 11 is 0. The van der Waals surface area contributed by atoms with Gasteiger partial charge in [0.2, 0.25) is 0 Å². The molecular formula is C22H25N3O. The molecule has 26 heavy (non-hydrogen) atoms. The van der Waals surface area contributed by atoms with Gasteiger partial charge in [-0.25, -0.2) is 0 Å². The van der Waals surface area contributed by atoms with Crippen molar-refractivity contribution in [3.05, 3.63) is 77.6 Å². The van der Waals surface area contributed by atoms with Crippen LogP contribution in [0.2, 0.25) is 0 Å². The van der Waals surface area contributed by atoms with Crippen molar-refractivity contribution in [1.29, 1.82) is 0 Å². The van der Waals surface area contributed by atoms with Gasteiger partial charge in [0.1, 0.15) is 5.60 Å². The zero-order valence-electron chi connectivity index (χ0n) is 15.1. The highest BCUT2D eigenvalue weighted by atomic mass is 16.3. The third-order valence-electron chi connectivity index (χ3n) is 5.61. The van der Waals surface area contributed by atoms with Crippen LogP contribution in [0.5, 0.6) is 0 Å². The second-order valence-corrected chi connectivity index (χ2v) is 7.23. The van der Waals surface area contributed by atoms with Gasteiger partial charge in [-0.1, -0.05) is 49.4 Å². The molecule has 1 aromatic heterocycles. The van der Waals surface area contributed by atoms with E-state index < -0.39 is 5.60 Å². The lowest BCUT2D eigenvalue weighted by molar-refractivity contribution is 0.000307. The van der Waals surface area contributed by atoms with E-state index in [1.807, 2.05) is 48.8 Å². The molecule has 0 radical (unpaired) electrons. The second kappa shape index (κ2) is 6.96. The number of aromatic nitrogens is 2. The SMILES string of the molecule is CC1CCC/C(=C\NCc2ccccc2)C1(O)c1cccc2[nH]ncc12. The van der Waals surface area contributed by atoms with Crippen LogP contribution in [0.3, 0.4) is 0 Å². The predicted octanol–water partition coefficient (Wildman–Crippen LogP) is 4.24. The topological polar surface area (TPSA) is 60.9 Å². The molecule has 1 saturated carbocycles. The third kappa shape index (κ3) is 2.90. The number of benzene rings is 2. The number of aliphatic hydroxyl groups is 1. The minimum absolute atomic E-state index is 0.154. The molecule has 0 saturated heterocycles. The van der Waals surface area contributed by atoms with Crippen molar-refractivity contribution >= 4 is 10.9 Å². The minimum Gasteiger partial charge on any atom is -0.387 e. The molecule has 3 aromatic rings. The summed E-state index contributed by atoms with van der Waals surface area (Å²) in [7, 11) is 0. The Balaban J connectivity index is 1.68. The van der Waals surface area contributed by atoms with Crippen molar-refractivity contribution in [2.24, 2.45) is 5.92 Å². The third-order valence-corrected chi connectivity index (χ3v) is 5.61. The summed E-state index contributed by atoms with van der Waals surface area (Å²) < 4.78 is 0. The monoisotopic (exact) mass is 347 g/mol. The lowest BCUT2D eigenvalue weighted by atomic mass is 9.69. The smallest absolute Gasteiger partial charge is 0.116 e. The molecule has 1 aliphatic carbocycles. The summed E-state index contributed by atoms with van der Waals surface area (Å²) in [5.41, 5.74) is 3.23. The van der Waals surface area contributed by atoms with E-state index in [2.05, 4.69) is 34.6 Å². The van der Waals surface area contributed by atoms with Crippen molar-refractivity contribution in [2.75, 3.05) is 0 Å². The van der Waals surface area contributed by atoms with Crippen LogP contribution in [0.25, 0.3) is 10.9 Å². The molecule has 4 rings (SSSR count). The van der Waals surface area contributed by atoms with Crippen LogP contribution in [-0.4, -0.2) is 15.3 Å². The number of hydrogen-bond acceptors (Lipinski definition) is 3. The molecule has 0 aliphatic heterocycles. The molecular weight excluding hydrogens is 322 g/mol. The summed E-state index contributed by atoms with van der Waals surface area (Å²) in [6.45, 7) is 2.90. The van der Waals surface area contributed by atoms with E-state index in [1.165, 1.54) is 5.56 Å². The molecule has 134 valence electrons. The molecule has 0 bridgehead atoms. The van der Waals surface area contributed by atoms with Crippen LogP contribution in [-0.2, 0) is 12.1 Å². The fourth-order valence-electron chi connectivity index (χ4n) is 4.12. The van der Waals surface area contributed by atoms with Gasteiger partial charge >= 0.3 is 0 Å². The molecule has 1 fully saturated rings. The fraction of sp³-hybridized carbons (Fsp3) is 0.318. The minimum atomic E-state index is -0.967. The zero-order valence-corrected chi connectivity index (χ0v) is 15.1. The quantitative estimate of drug-likeness (QED) is 0.661. The van der Waals surface area contributed by atoms with E-state index in [-0.39, 0.29) is 5.92 Å². The van der Waals surface area contributed by atoms with Crippen LogP contribution >= 0.6 is 0 Å². The lowest BCUT2D eigenvalue weighted by Gasteiger charge is -2.41. The number of hydrogen-bond donors (Lipinski definition) is 3. The maximum Gasteiger partial charge on any atom is 0.116 e. The van der Waals surface area contributed by atoms with E-state index in [9.17, 15) is 5.11 Å². The van der Waals surface area contributed by atoms with E-state index in [4.69, 9.17) is 0 Å². The Morgan fingerprint density at radius 1 is 1.23 bits per heavy atom. The van der Waals surface area contributed by atoms with E-state index in [1.54, 1.807) is 0 Å². The van der Waals surface area contributed by atoms with Crippen molar-refractivity contribution < 1.29 is 5.11 Å². The Morgan fingerprint density at radius 2 is 2.08 bits per heavy atom. The first-order chi connectivity index (χ1) is 12.7. The van der Waals surface area contributed by atoms with Gasteiger partial charge in [0, 0.05) is 11.9 Å². The molecule has 0 amide bonds. The second-order valence-electron chi connectivity index (χ2n) is 7.23. The molecule has 4 nitrogen and oxygen atoms in total. The van der Waals surface area contributed by atoms with Gasteiger partial charge in [0.15, 0.2) is 0 Å². The van der Waals surface area contributed by atoms with Gasteiger partial charge in [-0.2, -0.15) is 5.10 Å². The maximum atomic E-state index is 11.8. The highest BCUT2D eigenvalue weighted by Crippen LogP contribution is 2.46. The molecule has 0 spiro atoms. The lowest BCUT2D eigenvalue weighted by Crippen LogP contribution is -2.39. The largest absolute Gasteiger partial charge is 0.387 e. The van der Waals surface area contributed by atoms with Crippen molar-refractivity contribution in [3.63, 3.8) is 0 Å². The highest BCUT2D eigenvalue weighted by molar-refractivity contribution is 5.83. The average Bonchev–Trinajstić information content (AvgIpc) is 3.15. The van der Waals surface area contributed by atoms with Gasteiger partial charge in [-0.15, -0.1) is 0 Å². The first-order valence-electron chi connectivity index (χ1n) is 9.31. The standard InChI is InChI=1S/C22H25N3O/c1-16-7-5-10-18(14-23-13-17-8-3-2-4-9-17)22(16,26)20-11-6-12-21-19(20)15-24-25-21/h2-4,6,8-9,11-12,14-16,23,26H,5,7,10,13H2,1H3,(H,24,25)/b18-14+. The van der Waals surface area contributed by atoms with Crippen molar-refractivity contribution in [3.8, 4) is 0 Å². The molecule has 1 heterocycles. The van der Waals surface area contributed by atoms with E-state index in [0.29, 0.717) is 0 Å². The van der Waals surface area contributed by atoms with Gasteiger partial charge in [-0.05, 0) is 54.1 Å². The van der Waals surface area contributed by atoms with Gasteiger partial charge < -0.3 is 10.4 Å². The molecule has 3 N–H and O–H groups in total. The summed E-state index contributed by atoms with van der Waals surface area (Å²) in [5.74, 6) is 0.154. The number of rotatable bonds is 4. The molecule has 2 unspecified atom stereocenters. The predicted molar refractivity (Wildman–Crippen MR) is 104 cm³/mol. The number of nitrogens with one attached hydrogen (secondary N) is 2.